The van der Waals surface area contributed by atoms with Crippen LogP contribution in [0, 0.1) is 0 Å². The van der Waals surface area contributed by atoms with Gasteiger partial charge in [-0.05, 0) is 28.1 Å². The van der Waals surface area contributed by atoms with Gasteiger partial charge in [-0.25, -0.2) is 13.3 Å². The number of pyridine rings is 1. The van der Waals surface area contributed by atoms with Crippen molar-refractivity contribution in [2.24, 2.45) is 0 Å². The molecule has 19 heavy (non-hydrogen) atoms. The molecular formula is C9H5BrF5N3O. The first kappa shape index (κ1) is 14.0. The first-order chi connectivity index (χ1) is 8.79. The van der Waals surface area contributed by atoms with Crippen molar-refractivity contribution >= 4 is 21.6 Å². The van der Waals surface area contributed by atoms with Gasteiger partial charge in [0.05, 0.1) is 0 Å². The summed E-state index contributed by atoms with van der Waals surface area (Å²) in [6, 6.07) is 1.62. The Balaban J connectivity index is 2.52. The van der Waals surface area contributed by atoms with Crippen LogP contribution in [0.3, 0.4) is 0 Å². The molecule has 0 atom stereocenters. The number of halogens is 6. The van der Waals surface area contributed by atoms with Crippen molar-refractivity contribution in [1.29, 1.82) is 0 Å². The van der Waals surface area contributed by atoms with Crippen LogP contribution < -0.4 is 4.74 Å². The molecule has 0 aliphatic rings. The molecule has 104 valence electrons. The Morgan fingerprint density at radius 2 is 2.00 bits per heavy atom. The van der Waals surface area contributed by atoms with E-state index in [1.165, 1.54) is 0 Å². The van der Waals surface area contributed by atoms with E-state index in [0.29, 0.717) is 10.6 Å². The fraction of sp³-hybridized carbons (Fsp3) is 0.333. The van der Waals surface area contributed by atoms with Gasteiger partial charge in [0.15, 0.2) is 11.4 Å². The molecule has 0 radical (unpaired) electrons. The zero-order chi connectivity index (χ0) is 14.2. The van der Waals surface area contributed by atoms with Crippen LogP contribution in [-0.4, -0.2) is 27.6 Å². The van der Waals surface area contributed by atoms with E-state index >= 15 is 0 Å². The molecule has 10 heteroatoms. The highest BCUT2D eigenvalue weighted by Gasteiger charge is 2.35. The Bertz CT molecular complexity index is 597. The maximum Gasteiger partial charge on any atom is 0.433 e. The van der Waals surface area contributed by atoms with Crippen molar-refractivity contribution in [2.75, 3.05) is 6.61 Å². The van der Waals surface area contributed by atoms with Gasteiger partial charge in [-0.1, -0.05) is 0 Å². The zero-order valence-electron chi connectivity index (χ0n) is 8.96. The summed E-state index contributed by atoms with van der Waals surface area (Å²) in [5, 5.41) is 3.50. The predicted molar refractivity (Wildman–Crippen MR) is 57.2 cm³/mol. The van der Waals surface area contributed by atoms with Crippen LogP contribution in [0.2, 0.25) is 0 Å². The molecule has 2 rings (SSSR count). The summed E-state index contributed by atoms with van der Waals surface area (Å²) in [5.41, 5.74) is -1.37. The Morgan fingerprint density at radius 3 is 2.58 bits per heavy atom. The number of hydrogen-bond donors (Lipinski definition) is 0. The minimum Gasteiger partial charge on any atom is -0.484 e. The number of ether oxygens (including phenoxy) is 1. The molecule has 0 saturated heterocycles. The van der Waals surface area contributed by atoms with Crippen molar-refractivity contribution in [1.82, 2.24) is 14.6 Å². The predicted octanol–water partition coefficient (Wildman–Crippen LogP) is 3.15. The van der Waals surface area contributed by atoms with Gasteiger partial charge < -0.3 is 4.74 Å². The largest absolute Gasteiger partial charge is 0.484 e. The van der Waals surface area contributed by atoms with E-state index in [4.69, 9.17) is 4.74 Å². The molecule has 0 aliphatic carbocycles. The lowest BCUT2D eigenvalue weighted by Crippen LogP contribution is -2.14. The number of nitrogens with zero attached hydrogens (tertiary/aromatic N) is 3. The van der Waals surface area contributed by atoms with E-state index in [0.717, 1.165) is 6.07 Å². The Labute approximate surface area is 111 Å². The maximum atomic E-state index is 12.7. The monoisotopic (exact) mass is 345 g/mol. The van der Waals surface area contributed by atoms with Crippen LogP contribution >= 0.6 is 15.9 Å². The first-order valence-corrected chi connectivity index (χ1v) is 5.62. The lowest BCUT2D eigenvalue weighted by molar-refractivity contribution is -0.142. The highest BCUT2D eigenvalue weighted by molar-refractivity contribution is 9.10. The SMILES string of the molecule is FC(F)COc1ccc(C(F)(F)F)n2nc(Br)nc12. The lowest BCUT2D eigenvalue weighted by Gasteiger charge is -2.11. The van der Waals surface area contributed by atoms with Crippen LogP contribution in [0.15, 0.2) is 16.9 Å². The first-order valence-electron chi connectivity index (χ1n) is 4.82. The lowest BCUT2D eigenvalue weighted by atomic mass is 10.3. The topological polar surface area (TPSA) is 39.4 Å². The van der Waals surface area contributed by atoms with Crippen molar-refractivity contribution < 1.29 is 26.7 Å². The van der Waals surface area contributed by atoms with Gasteiger partial charge in [0, 0.05) is 0 Å². The zero-order valence-corrected chi connectivity index (χ0v) is 10.5. The van der Waals surface area contributed by atoms with Crippen LogP contribution in [0.5, 0.6) is 5.75 Å². The van der Waals surface area contributed by atoms with Gasteiger partial charge >= 0.3 is 6.18 Å². The third kappa shape index (κ3) is 2.94. The molecule has 0 unspecified atom stereocenters. The Hall–Kier alpha value is -1.45. The smallest absolute Gasteiger partial charge is 0.433 e. The second kappa shape index (κ2) is 4.91. The van der Waals surface area contributed by atoms with Gasteiger partial charge in [-0.15, -0.1) is 5.10 Å². The molecule has 0 N–H and O–H groups in total. The minimum absolute atomic E-state index is 0.105. The summed E-state index contributed by atoms with van der Waals surface area (Å²) in [6.45, 7) is -0.939. The number of aromatic nitrogens is 3. The average molecular weight is 346 g/mol. The summed E-state index contributed by atoms with van der Waals surface area (Å²) < 4.78 is 67.3. The number of hydrogen-bond acceptors (Lipinski definition) is 3. The normalized spacial score (nSPS) is 12.4. The highest BCUT2D eigenvalue weighted by Crippen LogP contribution is 2.32. The standard InChI is InChI=1S/C9H5BrF5N3O/c10-8-16-7-4(19-3-6(11)12)1-2-5(9(13,14)15)18(7)17-8/h1-2,6H,3H2. The number of alkyl halides is 5. The molecule has 2 aromatic rings. The fourth-order valence-corrected chi connectivity index (χ4v) is 1.72. The average Bonchev–Trinajstić information content (AvgIpc) is 2.65. The van der Waals surface area contributed by atoms with Gasteiger partial charge in [-0.2, -0.15) is 18.2 Å². The van der Waals surface area contributed by atoms with Gasteiger partial charge in [0.1, 0.15) is 12.3 Å². The van der Waals surface area contributed by atoms with E-state index in [1.807, 2.05) is 0 Å². The van der Waals surface area contributed by atoms with Gasteiger partial charge in [0.2, 0.25) is 4.73 Å². The third-order valence-electron chi connectivity index (χ3n) is 2.08. The molecule has 0 bridgehead atoms. The molecule has 0 amide bonds. The molecule has 4 nitrogen and oxygen atoms in total. The summed E-state index contributed by atoms with van der Waals surface area (Å²) in [5.74, 6) is -0.202. The second-order valence-electron chi connectivity index (χ2n) is 3.40. The Kier molecular flexibility index (Phi) is 3.61. The van der Waals surface area contributed by atoms with E-state index in [-0.39, 0.29) is 16.1 Å². The fourth-order valence-electron chi connectivity index (χ4n) is 1.39. The van der Waals surface area contributed by atoms with Crippen LogP contribution in [0.1, 0.15) is 5.69 Å². The van der Waals surface area contributed by atoms with Crippen molar-refractivity contribution in [3.05, 3.63) is 22.6 Å². The molecule has 0 spiro atoms. The number of rotatable bonds is 3. The van der Waals surface area contributed by atoms with Gasteiger partial charge in [0.25, 0.3) is 6.43 Å². The highest BCUT2D eigenvalue weighted by atomic mass is 79.9. The Morgan fingerprint density at radius 1 is 1.32 bits per heavy atom. The molecular weight excluding hydrogens is 341 g/mol. The molecule has 0 fully saturated rings. The van der Waals surface area contributed by atoms with Crippen molar-refractivity contribution in [3.63, 3.8) is 0 Å². The summed E-state index contributed by atoms with van der Waals surface area (Å²) in [6.07, 6.45) is -7.39. The summed E-state index contributed by atoms with van der Waals surface area (Å²) >= 11 is 2.83. The molecule has 2 heterocycles. The maximum absolute atomic E-state index is 12.7. The van der Waals surface area contributed by atoms with Crippen molar-refractivity contribution in [2.45, 2.75) is 12.6 Å². The quantitative estimate of drug-likeness (QED) is 0.802. The van der Waals surface area contributed by atoms with Crippen LogP contribution in [-0.2, 0) is 6.18 Å². The minimum atomic E-state index is -4.65. The summed E-state index contributed by atoms with van der Waals surface area (Å²) in [7, 11) is 0. The molecule has 0 aromatic carbocycles. The molecule has 0 aliphatic heterocycles. The van der Waals surface area contributed by atoms with Crippen LogP contribution in [0.4, 0.5) is 22.0 Å². The second-order valence-corrected chi connectivity index (χ2v) is 4.11. The van der Waals surface area contributed by atoms with E-state index in [1.54, 1.807) is 0 Å². The third-order valence-corrected chi connectivity index (χ3v) is 2.41. The number of fused-ring (bicyclic) bond motifs is 1. The van der Waals surface area contributed by atoms with E-state index in [9.17, 15) is 22.0 Å². The van der Waals surface area contributed by atoms with Crippen molar-refractivity contribution in [3.8, 4) is 5.75 Å². The molecule has 0 saturated carbocycles. The van der Waals surface area contributed by atoms with E-state index < -0.39 is 24.9 Å². The van der Waals surface area contributed by atoms with Gasteiger partial charge in [-0.3, -0.25) is 0 Å². The molecule has 2 aromatic heterocycles. The summed E-state index contributed by atoms with van der Waals surface area (Å²) in [4.78, 5) is 3.66. The van der Waals surface area contributed by atoms with E-state index in [2.05, 4.69) is 26.0 Å². The van der Waals surface area contributed by atoms with Crippen LogP contribution in [0.25, 0.3) is 5.65 Å².